The maximum atomic E-state index is 13.1. The van der Waals surface area contributed by atoms with Gasteiger partial charge in [-0.25, -0.2) is 4.68 Å². The van der Waals surface area contributed by atoms with Crippen molar-refractivity contribution in [1.29, 1.82) is 0 Å². The molecule has 0 aliphatic rings. The number of anilines is 3. The second-order valence-electron chi connectivity index (χ2n) is 7.01. The van der Waals surface area contributed by atoms with Crippen molar-refractivity contribution in [3.63, 3.8) is 0 Å². The first-order valence-electron chi connectivity index (χ1n) is 10.1. The van der Waals surface area contributed by atoms with Crippen LogP contribution in [0.4, 0.5) is 17.3 Å². The first-order valence-corrected chi connectivity index (χ1v) is 10.1. The van der Waals surface area contributed by atoms with Gasteiger partial charge in [0, 0.05) is 23.9 Å². The number of carbonyl (C=O) groups excluding carboxylic acids is 2. The van der Waals surface area contributed by atoms with Crippen molar-refractivity contribution >= 4 is 29.1 Å². The highest BCUT2D eigenvalue weighted by molar-refractivity contribution is 6.09. The molecule has 2 heterocycles. The number of amides is 2. The summed E-state index contributed by atoms with van der Waals surface area (Å²) in [6.07, 6.45) is 2.89. The second kappa shape index (κ2) is 9.17. The predicted molar refractivity (Wildman–Crippen MR) is 121 cm³/mol. The monoisotopic (exact) mass is 430 g/mol. The number of para-hydroxylation sites is 1. The van der Waals surface area contributed by atoms with Gasteiger partial charge in [-0.3, -0.25) is 9.59 Å². The third-order valence-corrected chi connectivity index (χ3v) is 4.79. The topological polar surface area (TPSA) is 114 Å². The molecule has 0 atom stereocenters. The first kappa shape index (κ1) is 20.9. The van der Waals surface area contributed by atoms with Gasteiger partial charge in [-0.15, -0.1) is 0 Å². The van der Waals surface area contributed by atoms with Crippen molar-refractivity contribution in [3.8, 4) is 5.69 Å². The summed E-state index contributed by atoms with van der Waals surface area (Å²) in [5.74, 6) is 0.207. The van der Waals surface area contributed by atoms with Crippen molar-refractivity contribution < 1.29 is 14.1 Å². The van der Waals surface area contributed by atoms with Crippen LogP contribution in [0.15, 0.2) is 71.6 Å². The Bertz CT molecular complexity index is 1230. The summed E-state index contributed by atoms with van der Waals surface area (Å²) in [5.41, 5.74) is 2.95. The van der Waals surface area contributed by atoms with Crippen LogP contribution in [-0.2, 0) is 0 Å². The smallest absolute Gasteiger partial charge is 0.261 e. The van der Waals surface area contributed by atoms with Crippen molar-refractivity contribution in [1.82, 2.24) is 14.9 Å². The van der Waals surface area contributed by atoms with Crippen molar-refractivity contribution in [3.05, 3.63) is 83.7 Å². The Labute approximate surface area is 184 Å². The number of hydrogen-bond acceptors (Lipinski definition) is 6. The molecule has 3 N–H and O–H groups in total. The zero-order valence-electron chi connectivity index (χ0n) is 17.6. The van der Waals surface area contributed by atoms with Gasteiger partial charge in [0.1, 0.15) is 17.6 Å². The molecular weight excluding hydrogens is 408 g/mol. The fourth-order valence-electron chi connectivity index (χ4n) is 3.17. The van der Waals surface area contributed by atoms with Crippen molar-refractivity contribution in [2.75, 3.05) is 22.5 Å². The van der Waals surface area contributed by atoms with Crippen LogP contribution >= 0.6 is 0 Å². The number of rotatable bonds is 7. The lowest BCUT2D eigenvalue weighted by molar-refractivity contribution is 0.101. The molecule has 4 aromatic rings. The Morgan fingerprint density at radius 2 is 1.84 bits per heavy atom. The van der Waals surface area contributed by atoms with Gasteiger partial charge >= 0.3 is 0 Å². The zero-order valence-corrected chi connectivity index (χ0v) is 17.6. The zero-order chi connectivity index (χ0) is 22.5. The van der Waals surface area contributed by atoms with E-state index in [1.807, 2.05) is 44.2 Å². The number of aryl methyl sites for hydroxylation is 1. The van der Waals surface area contributed by atoms with E-state index < -0.39 is 0 Å². The molecule has 0 radical (unpaired) electrons. The average Bonchev–Trinajstić information content (AvgIpc) is 3.46. The van der Waals surface area contributed by atoms with Gasteiger partial charge in [-0.1, -0.05) is 29.4 Å². The number of aromatic nitrogens is 3. The molecule has 0 saturated heterocycles. The van der Waals surface area contributed by atoms with E-state index in [9.17, 15) is 9.59 Å². The molecule has 2 amide bonds. The van der Waals surface area contributed by atoms with Crippen LogP contribution in [-0.4, -0.2) is 33.3 Å². The van der Waals surface area contributed by atoms with E-state index in [-0.39, 0.29) is 11.8 Å². The van der Waals surface area contributed by atoms with E-state index in [2.05, 4.69) is 26.2 Å². The van der Waals surface area contributed by atoms with Gasteiger partial charge < -0.3 is 20.5 Å². The minimum Gasteiger partial charge on any atom is -0.370 e. The summed E-state index contributed by atoms with van der Waals surface area (Å²) >= 11 is 0. The summed E-state index contributed by atoms with van der Waals surface area (Å²) in [5, 5.41) is 16.8. The maximum Gasteiger partial charge on any atom is 0.261 e. The van der Waals surface area contributed by atoms with Crippen LogP contribution in [0.3, 0.4) is 0 Å². The number of hydrogen-bond donors (Lipinski definition) is 3. The largest absolute Gasteiger partial charge is 0.370 e. The molecule has 162 valence electrons. The molecule has 0 aliphatic heterocycles. The Hall–Kier alpha value is -4.40. The summed E-state index contributed by atoms with van der Waals surface area (Å²) in [4.78, 5) is 25.6. The molecule has 2 aromatic carbocycles. The lowest BCUT2D eigenvalue weighted by atomic mass is 10.1. The van der Waals surface area contributed by atoms with Crippen LogP contribution in [0.25, 0.3) is 5.69 Å². The Kier molecular flexibility index (Phi) is 5.98. The summed E-state index contributed by atoms with van der Waals surface area (Å²) in [7, 11) is 0. The fraction of sp³-hybridized carbons (Fsp3) is 0.130. The van der Waals surface area contributed by atoms with E-state index in [0.717, 1.165) is 11.3 Å². The van der Waals surface area contributed by atoms with Crippen LogP contribution < -0.4 is 16.0 Å². The molecule has 4 rings (SSSR count). The molecule has 9 heteroatoms. The number of nitrogens with one attached hydrogen (secondary N) is 3. The number of nitrogens with zero attached hydrogens (tertiary/aromatic N) is 3. The van der Waals surface area contributed by atoms with Gasteiger partial charge in [0.05, 0.1) is 11.9 Å². The normalized spacial score (nSPS) is 10.6. The van der Waals surface area contributed by atoms with Crippen LogP contribution in [0, 0.1) is 6.92 Å². The average molecular weight is 430 g/mol. The van der Waals surface area contributed by atoms with E-state index >= 15 is 0 Å². The molecule has 0 bridgehead atoms. The maximum absolute atomic E-state index is 13.1. The van der Waals surface area contributed by atoms with E-state index in [1.54, 1.807) is 28.9 Å². The lowest BCUT2D eigenvalue weighted by Gasteiger charge is -2.13. The summed E-state index contributed by atoms with van der Waals surface area (Å²) < 4.78 is 6.41. The summed E-state index contributed by atoms with van der Waals surface area (Å²) in [6, 6.07) is 16.2. The third-order valence-electron chi connectivity index (χ3n) is 4.79. The molecule has 0 spiro atoms. The highest BCUT2D eigenvalue weighted by atomic mass is 16.5. The Balaban J connectivity index is 1.59. The SMILES string of the molecule is CCNc1c(C(=O)Nc2cc(C(=O)Nc3ccon3)ccc2C)cnn1-c1ccccc1. The highest BCUT2D eigenvalue weighted by Gasteiger charge is 2.19. The molecule has 0 saturated carbocycles. The van der Waals surface area contributed by atoms with Crippen molar-refractivity contribution in [2.24, 2.45) is 0 Å². The van der Waals surface area contributed by atoms with Crippen molar-refractivity contribution in [2.45, 2.75) is 13.8 Å². The Morgan fingerprint density at radius 3 is 2.56 bits per heavy atom. The molecule has 2 aromatic heterocycles. The number of benzene rings is 2. The lowest BCUT2D eigenvalue weighted by Crippen LogP contribution is -2.17. The molecule has 9 nitrogen and oxygen atoms in total. The standard InChI is InChI=1S/C23H22N6O3/c1-3-24-21-18(14-25-29(21)17-7-5-4-6-8-17)23(31)26-19-13-16(10-9-15(19)2)22(30)27-20-11-12-32-28-20/h4-14,24H,3H2,1-2H3,(H,26,31)(H,27,28,30). The Morgan fingerprint density at radius 1 is 1.03 bits per heavy atom. The molecule has 32 heavy (non-hydrogen) atoms. The van der Waals surface area contributed by atoms with Gasteiger partial charge in [0.25, 0.3) is 11.8 Å². The predicted octanol–water partition coefficient (Wildman–Crippen LogP) is 4.11. The van der Waals surface area contributed by atoms with E-state index in [4.69, 9.17) is 4.52 Å². The fourth-order valence-corrected chi connectivity index (χ4v) is 3.17. The molecule has 0 fully saturated rings. The van der Waals surface area contributed by atoms with Gasteiger partial charge in [0.2, 0.25) is 0 Å². The minimum atomic E-state index is -0.361. The second-order valence-corrected chi connectivity index (χ2v) is 7.01. The quantitative estimate of drug-likeness (QED) is 0.407. The highest BCUT2D eigenvalue weighted by Crippen LogP contribution is 2.23. The van der Waals surface area contributed by atoms with E-state index in [0.29, 0.717) is 35.0 Å². The van der Waals surface area contributed by atoms with Crippen LogP contribution in [0.1, 0.15) is 33.2 Å². The molecule has 0 unspecified atom stereocenters. The minimum absolute atomic E-state index is 0.310. The third kappa shape index (κ3) is 4.36. The van der Waals surface area contributed by atoms with Gasteiger partial charge in [-0.2, -0.15) is 5.10 Å². The van der Waals surface area contributed by atoms with Gasteiger partial charge in [-0.05, 0) is 43.7 Å². The first-order chi connectivity index (χ1) is 15.6. The number of carbonyl (C=O) groups is 2. The molecule has 0 aliphatic carbocycles. The van der Waals surface area contributed by atoms with E-state index in [1.165, 1.54) is 12.5 Å². The van der Waals surface area contributed by atoms with Crippen LogP contribution in [0.2, 0.25) is 0 Å². The van der Waals surface area contributed by atoms with Crippen LogP contribution in [0.5, 0.6) is 0 Å². The van der Waals surface area contributed by atoms with Gasteiger partial charge in [0.15, 0.2) is 5.82 Å². The molecular formula is C23H22N6O3. The summed E-state index contributed by atoms with van der Waals surface area (Å²) in [6.45, 7) is 4.42.